The second kappa shape index (κ2) is 8.88. The van der Waals surface area contributed by atoms with E-state index < -0.39 is 73.2 Å². The molecule has 1 unspecified atom stereocenters. The Balaban J connectivity index is 6.22. The van der Waals surface area contributed by atoms with E-state index in [9.17, 15) is 66.7 Å². The van der Waals surface area contributed by atoms with Gasteiger partial charge in [0.25, 0.3) is 0 Å². The van der Waals surface area contributed by atoms with E-state index in [-0.39, 0.29) is 0 Å². The highest BCUT2D eigenvalue weighted by molar-refractivity contribution is 5.76. The van der Waals surface area contributed by atoms with Crippen molar-refractivity contribution in [2.75, 3.05) is 13.2 Å². The number of amides is 1. The second-order valence-corrected chi connectivity index (χ2v) is 6.09. The van der Waals surface area contributed by atoms with E-state index >= 15 is 0 Å². The first-order valence-corrected chi connectivity index (χ1v) is 7.88. The number of hydrogen-bond acceptors (Lipinski definition) is 3. The summed E-state index contributed by atoms with van der Waals surface area (Å²) in [6.45, 7) is -0.0269. The van der Waals surface area contributed by atoms with Crippen LogP contribution in [0.5, 0.6) is 0 Å². The van der Waals surface area contributed by atoms with Crippen LogP contribution in [0, 0.1) is 5.92 Å². The Labute approximate surface area is 165 Å². The summed E-state index contributed by atoms with van der Waals surface area (Å²) in [5.41, 5.74) is 0. The van der Waals surface area contributed by atoms with Gasteiger partial charge in [0.2, 0.25) is 5.91 Å². The minimum atomic E-state index is -8.03. The summed E-state index contributed by atoms with van der Waals surface area (Å²) in [6.07, 6.45) is -10.3. The zero-order valence-corrected chi connectivity index (χ0v) is 15.3. The maximum atomic E-state index is 13.9. The number of nitrogens with one attached hydrogen (secondary N) is 1. The smallest absolute Gasteiger partial charge is 0.460 e. The van der Waals surface area contributed by atoms with Crippen LogP contribution in [0.25, 0.3) is 0 Å². The molecule has 1 N–H and O–H groups in total. The van der Waals surface area contributed by atoms with Crippen molar-refractivity contribution in [2.24, 2.45) is 5.92 Å². The van der Waals surface area contributed by atoms with Gasteiger partial charge in [0.15, 0.2) is 0 Å². The van der Waals surface area contributed by atoms with Crippen molar-refractivity contribution in [3.63, 3.8) is 0 Å². The highest BCUT2D eigenvalue weighted by atomic mass is 19.4. The molecule has 1 amide bonds. The van der Waals surface area contributed by atoms with Crippen molar-refractivity contribution >= 4 is 11.9 Å². The molecule has 0 radical (unpaired) electrons. The van der Waals surface area contributed by atoms with E-state index in [2.05, 4.69) is 4.74 Å². The summed E-state index contributed by atoms with van der Waals surface area (Å²) in [4.78, 5) is 22.3. The van der Waals surface area contributed by atoms with Gasteiger partial charge in [0.05, 0.1) is 12.5 Å². The topological polar surface area (TPSA) is 55.4 Å². The fourth-order valence-corrected chi connectivity index (χ4v) is 2.01. The molecule has 0 aromatic heterocycles. The average molecular weight is 491 g/mol. The molecule has 4 nitrogen and oxygen atoms in total. The molecule has 0 saturated carbocycles. The first-order chi connectivity index (χ1) is 13.5. The van der Waals surface area contributed by atoms with Crippen molar-refractivity contribution < 1.29 is 71.4 Å². The van der Waals surface area contributed by atoms with Gasteiger partial charge >= 0.3 is 41.8 Å². The predicted octanol–water partition coefficient (Wildman–Crippen LogP) is 4.43. The van der Waals surface area contributed by atoms with Crippen molar-refractivity contribution in [1.82, 2.24) is 5.32 Å². The number of carbonyl (C=O) groups is 2. The molecule has 0 heterocycles. The van der Waals surface area contributed by atoms with E-state index in [1.165, 1.54) is 0 Å². The second-order valence-electron chi connectivity index (χ2n) is 6.09. The van der Waals surface area contributed by atoms with E-state index in [1.807, 2.05) is 0 Å². The monoisotopic (exact) mass is 491 g/mol. The van der Waals surface area contributed by atoms with Gasteiger partial charge in [-0.3, -0.25) is 9.59 Å². The third kappa shape index (κ3) is 5.27. The molecule has 0 aliphatic heterocycles. The lowest BCUT2D eigenvalue weighted by molar-refractivity contribution is -0.440. The molecule has 0 aromatic carbocycles. The van der Waals surface area contributed by atoms with Crippen LogP contribution < -0.4 is 5.32 Å². The van der Waals surface area contributed by atoms with Gasteiger partial charge in [-0.25, -0.2) is 0 Å². The van der Waals surface area contributed by atoms with Gasteiger partial charge in [-0.05, 0) is 6.92 Å². The SMILES string of the molecule is CCOC(=O)C(CNC(C)=O)CC(F)(F)C(F)(F)C(F)(F)C(F)(F)C(F)(F)C(F)(F)F. The molecule has 184 valence electrons. The lowest BCUT2D eigenvalue weighted by atomic mass is 9.89. The molecule has 0 fully saturated rings. The van der Waals surface area contributed by atoms with Crippen molar-refractivity contribution in [3.8, 4) is 0 Å². The molecule has 0 aliphatic carbocycles. The summed E-state index contributed by atoms with van der Waals surface area (Å²) in [5.74, 6) is -43.2. The third-order valence-corrected chi connectivity index (χ3v) is 3.72. The Morgan fingerprint density at radius 3 is 1.55 bits per heavy atom. The fourth-order valence-electron chi connectivity index (χ4n) is 2.01. The normalized spacial score (nSPS) is 15.5. The van der Waals surface area contributed by atoms with Crippen molar-refractivity contribution in [1.29, 1.82) is 0 Å². The van der Waals surface area contributed by atoms with E-state index in [1.54, 1.807) is 5.32 Å². The quantitative estimate of drug-likeness (QED) is 0.364. The average Bonchev–Trinajstić information content (AvgIpc) is 2.56. The largest absolute Gasteiger partial charge is 0.466 e. The minimum absolute atomic E-state index is 0.580. The summed E-state index contributed by atoms with van der Waals surface area (Å²) >= 11 is 0. The van der Waals surface area contributed by atoms with Crippen molar-refractivity contribution in [3.05, 3.63) is 0 Å². The van der Waals surface area contributed by atoms with Gasteiger partial charge in [0, 0.05) is 19.9 Å². The van der Waals surface area contributed by atoms with Crippen molar-refractivity contribution in [2.45, 2.75) is 56.1 Å². The van der Waals surface area contributed by atoms with Crippen LogP contribution >= 0.6 is 0 Å². The summed E-state index contributed by atoms with van der Waals surface area (Å²) in [7, 11) is 0. The minimum Gasteiger partial charge on any atom is -0.466 e. The molecule has 17 heteroatoms. The number of hydrogen-bond donors (Lipinski definition) is 1. The molecule has 0 spiro atoms. The molecule has 1 atom stereocenters. The maximum absolute atomic E-state index is 13.9. The third-order valence-electron chi connectivity index (χ3n) is 3.72. The molecule has 0 aliphatic rings. The number of rotatable bonds is 10. The Hall–Kier alpha value is -1.97. The number of alkyl halides is 13. The van der Waals surface area contributed by atoms with Crippen LogP contribution in [-0.2, 0) is 14.3 Å². The Morgan fingerprint density at radius 2 is 1.19 bits per heavy atom. The zero-order valence-electron chi connectivity index (χ0n) is 15.3. The van der Waals surface area contributed by atoms with Crippen LogP contribution in [0.15, 0.2) is 0 Å². The number of esters is 1. The fraction of sp³-hybridized carbons (Fsp3) is 0.857. The molecular weight excluding hydrogens is 477 g/mol. The molecule has 0 aromatic rings. The highest BCUT2D eigenvalue weighted by Crippen LogP contribution is 2.60. The number of ether oxygens (including phenoxy) is 1. The molecule has 0 bridgehead atoms. The number of halogens is 13. The van der Waals surface area contributed by atoms with Crippen LogP contribution in [0.2, 0.25) is 0 Å². The molecular formula is C14H14F13NO3. The van der Waals surface area contributed by atoms with Gasteiger partial charge in [0.1, 0.15) is 0 Å². The molecule has 0 saturated heterocycles. The lowest BCUT2D eigenvalue weighted by Gasteiger charge is -2.40. The van der Waals surface area contributed by atoms with Crippen LogP contribution in [-0.4, -0.2) is 60.8 Å². The van der Waals surface area contributed by atoms with Gasteiger partial charge in [-0.2, -0.15) is 57.1 Å². The predicted molar refractivity (Wildman–Crippen MR) is 74.2 cm³/mol. The van der Waals surface area contributed by atoms with E-state index in [0.29, 0.717) is 0 Å². The Morgan fingerprint density at radius 1 is 0.774 bits per heavy atom. The Bertz CT molecular complexity index is 660. The molecule has 0 rings (SSSR count). The van der Waals surface area contributed by atoms with Gasteiger partial charge < -0.3 is 10.1 Å². The van der Waals surface area contributed by atoms with Crippen LogP contribution in [0.3, 0.4) is 0 Å². The Kier molecular flexibility index (Phi) is 8.31. The highest BCUT2D eigenvalue weighted by Gasteiger charge is 2.90. The van der Waals surface area contributed by atoms with Crippen LogP contribution in [0.4, 0.5) is 57.1 Å². The lowest BCUT2D eigenvalue weighted by Crippen LogP contribution is -2.70. The van der Waals surface area contributed by atoms with Crippen LogP contribution in [0.1, 0.15) is 20.3 Å². The number of carbonyl (C=O) groups excluding carboxylic acids is 2. The maximum Gasteiger partial charge on any atom is 0.460 e. The zero-order chi connectivity index (χ0) is 25.3. The summed E-state index contributed by atoms with van der Waals surface area (Å²) < 4.78 is 174. The van der Waals surface area contributed by atoms with Gasteiger partial charge in [-0.1, -0.05) is 0 Å². The van der Waals surface area contributed by atoms with Gasteiger partial charge in [-0.15, -0.1) is 0 Å². The standard InChI is InChI=1S/C14H14F13NO3/c1-3-31-8(30)7(5-28-6(2)29)4-9(15,16)10(17,18)11(19,20)12(21,22)13(23,24)14(25,26)27/h7H,3-5H2,1-2H3,(H,28,29). The summed E-state index contributed by atoms with van der Waals surface area (Å²) in [6, 6.07) is 0. The first-order valence-electron chi connectivity index (χ1n) is 7.88. The molecule has 31 heavy (non-hydrogen) atoms. The summed E-state index contributed by atoms with van der Waals surface area (Å²) in [5, 5.41) is 1.65. The van der Waals surface area contributed by atoms with E-state index in [4.69, 9.17) is 0 Å². The first kappa shape index (κ1) is 29.0. The van der Waals surface area contributed by atoms with E-state index in [0.717, 1.165) is 13.8 Å².